The van der Waals surface area contributed by atoms with Crippen molar-refractivity contribution in [1.29, 1.82) is 0 Å². The number of hydrogen-bond acceptors (Lipinski definition) is 2. The normalized spacial score (nSPS) is 11.8. The highest BCUT2D eigenvalue weighted by atomic mass is 16.5. The summed E-state index contributed by atoms with van der Waals surface area (Å²) in [5, 5.41) is 8.46. The molecule has 0 aliphatic heterocycles. The fraction of sp³-hybridized carbons (Fsp3) is 0.444. The first-order valence-electron chi connectivity index (χ1n) is 3.75. The number of carboxylic acids is 1. The summed E-state index contributed by atoms with van der Waals surface area (Å²) in [6, 6.07) is 0. The van der Waals surface area contributed by atoms with E-state index < -0.39 is 5.97 Å². The van der Waals surface area contributed by atoms with E-state index in [9.17, 15) is 4.79 Å². The zero-order chi connectivity index (χ0) is 9.56. The highest BCUT2D eigenvalue weighted by Gasteiger charge is 2.06. The van der Waals surface area contributed by atoms with Crippen molar-refractivity contribution in [1.82, 2.24) is 0 Å². The Morgan fingerprint density at radius 3 is 2.75 bits per heavy atom. The molecule has 0 bridgehead atoms. The summed E-state index contributed by atoms with van der Waals surface area (Å²) in [6.07, 6.45) is 2.45. The van der Waals surface area contributed by atoms with Crippen molar-refractivity contribution in [3.05, 3.63) is 25.0 Å². The number of carboxylic acid groups (broad SMARTS) is 1. The molecule has 0 fully saturated rings. The summed E-state index contributed by atoms with van der Waals surface area (Å²) in [7, 11) is 0. The van der Waals surface area contributed by atoms with Crippen LogP contribution in [-0.4, -0.2) is 17.2 Å². The second-order valence-corrected chi connectivity index (χ2v) is 2.56. The van der Waals surface area contributed by atoms with E-state index in [1.54, 1.807) is 0 Å². The van der Waals surface area contributed by atoms with Crippen molar-refractivity contribution >= 4 is 5.97 Å². The summed E-state index contributed by atoms with van der Waals surface area (Å²) in [5.41, 5.74) is 0.217. The largest absolute Gasteiger partial charge is 0.499 e. The van der Waals surface area contributed by atoms with Gasteiger partial charge in [-0.3, -0.25) is 0 Å². The van der Waals surface area contributed by atoms with Gasteiger partial charge in [-0.1, -0.05) is 13.2 Å². The minimum absolute atomic E-state index is 0.00130. The number of hydrogen-bond donors (Lipinski definition) is 1. The molecule has 0 heterocycles. The number of ether oxygens (including phenoxy) is 1. The van der Waals surface area contributed by atoms with Gasteiger partial charge in [0, 0.05) is 5.57 Å². The van der Waals surface area contributed by atoms with E-state index in [1.165, 1.54) is 6.26 Å². The van der Waals surface area contributed by atoms with Gasteiger partial charge in [0.15, 0.2) is 0 Å². The second kappa shape index (κ2) is 5.41. The molecule has 1 unspecified atom stereocenters. The smallest absolute Gasteiger partial charge is 0.330 e. The number of rotatable bonds is 6. The fourth-order valence-corrected chi connectivity index (χ4v) is 0.717. The van der Waals surface area contributed by atoms with Gasteiger partial charge in [0.2, 0.25) is 0 Å². The molecule has 0 amide bonds. The Labute approximate surface area is 72.3 Å². The summed E-state index contributed by atoms with van der Waals surface area (Å²) in [4.78, 5) is 10.3. The Balaban J connectivity index is 3.60. The predicted octanol–water partition coefficient (Wildman–Crippen LogP) is 1.96. The molecule has 0 aromatic rings. The lowest BCUT2D eigenvalue weighted by Gasteiger charge is -2.09. The van der Waals surface area contributed by atoms with Crippen LogP contribution >= 0.6 is 0 Å². The van der Waals surface area contributed by atoms with Gasteiger partial charge in [0.1, 0.15) is 0 Å². The van der Waals surface area contributed by atoms with Crippen LogP contribution in [0, 0.1) is 0 Å². The maximum absolute atomic E-state index is 10.3. The summed E-state index contributed by atoms with van der Waals surface area (Å²) >= 11 is 0. The molecule has 3 nitrogen and oxygen atoms in total. The predicted molar refractivity (Wildman–Crippen MR) is 46.8 cm³/mol. The van der Waals surface area contributed by atoms with Crippen LogP contribution in [0.3, 0.4) is 0 Å². The first kappa shape index (κ1) is 10.8. The maximum Gasteiger partial charge on any atom is 0.330 e. The third kappa shape index (κ3) is 4.55. The van der Waals surface area contributed by atoms with Crippen molar-refractivity contribution in [3.8, 4) is 0 Å². The van der Waals surface area contributed by atoms with E-state index >= 15 is 0 Å². The van der Waals surface area contributed by atoms with Crippen LogP contribution in [0.1, 0.15) is 19.8 Å². The summed E-state index contributed by atoms with van der Waals surface area (Å²) in [6.45, 7) is 8.67. The fourth-order valence-electron chi connectivity index (χ4n) is 0.717. The van der Waals surface area contributed by atoms with Crippen LogP contribution in [-0.2, 0) is 9.53 Å². The van der Waals surface area contributed by atoms with E-state index in [1.807, 2.05) is 6.92 Å². The average Bonchev–Trinajstić information content (AvgIpc) is 2.00. The summed E-state index contributed by atoms with van der Waals surface area (Å²) in [5.74, 6) is -0.944. The lowest BCUT2D eigenvalue weighted by Crippen LogP contribution is -2.06. The quantitative estimate of drug-likeness (QED) is 0.489. The Hall–Kier alpha value is -1.25. The molecule has 12 heavy (non-hydrogen) atoms. The summed E-state index contributed by atoms with van der Waals surface area (Å²) < 4.78 is 5.00. The van der Waals surface area contributed by atoms with Crippen LogP contribution in [0.4, 0.5) is 0 Å². The van der Waals surface area contributed by atoms with E-state index in [2.05, 4.69) is 13.2 Å². The first-order valence-corrected chi connectivity index (χ1v) is 3.75. The van der Waals surface area contributed by atoms with E-state index in [0.29, 0.717) is 12.8 Å². The lowest BCUT2D eigenvalue weighted by atomic mass is 10.1. The van der Waals surface area contributed by atoms with Crippen molar-refractivity contribution < 1.29 is 14.6 Å². The second-order valence-electron chi connectivity index (χ2n) is 2.56. The molecule has 0 aromatic heterocycles. The van der Waals surface area contributed by atoms with Gasteiger partial charge in [0.05, 0.1) is 12.4 Å². The van der Waals surface area contributed by atoms with Gasteiger partial charge >= 0.3 is 5.97 Å². The molecule has 0 radical (unpaired) electrons. The van der Waals surface area contributed by atoms with Gasteiger partial charge in [0.25, 0.3) is 0 Å². The maximum atomic E-state index is 10.3. The Morgan fingerprint density at radius 2 is 2.33 bits per heavy atom. The van der Waals surface area contributed by atoms with Crippen molar-refractivity contribution in [2.45, 2.75) is 25.9 Å². The molecule has 0 rings (SSSR count). The van der Waals surface area contributed by atoms with Gasteiger partial charge in [-0.05, 0) is 19.8 Å². The minimum atomic E-state index is -0.944. The van der Waals surface area contributed by atoms with Crippen LogP contribution in [0.15, 0.2) is 25.0 Å². The Morgan fingerprint density at radius 1 is 1.75 bits per heavy atom. The van der Waals surface area contributed by atoms with E-state index in [-0.39, 0.29) is 11.7 Å². The Bertz CT molecular complexity index is 184. The number of aliphatic carboxylic acids is 1. The van der Waals surface area contributed by atoms with Gasteiger partial charge in [-0.2, -0.15) is 0 Å². The molecule has 68 valence electrons. The topological polar surface area (TPSA) is 46.5 Å². The van der Waals surface area contributed by atoms with Crippen molar-refractivity contribution in [3.63, 3.8) is 0 Å². The standard InChI is InChI=1S/C9H14O3/c1-4-12-8(3)6-5-7(2)9(10)11/h4,8H,1-2,5-6H2,3H3,(H,10,11). The van der Waals surface area contributed by atoms with Crippen molar-refractivity contribution in [2.24, 2.45) is 0 Å². The van der Waals surface area contributed by atoms with Crippen LogP contribution in [0.2, 0.25) is 0 Å². The van der Waals surface area contributed by atoms with Crippen LogP contribution < -0.4 is 0 Å². The monoisotopic (exact) mass is 170 g/mol. The highest BCUT2D eigenvalue weighted by molar-refractivity contribution is 5.85. The minimum Gasteiger partial charge on any atom is -0.499 e. The third-order valence-electron chi connectivity index (χ3n) is 1.48. The zero-order valence-corrected chi connectivity index (χ0v) is 7.25. The lowest BCUT2D eigenvalue weighted by molar-refractivity contribution is -0.132. The number of carbonyl (C=O) groups is 1. The molecule has 0 saturated heterocycles. The van der Waals surface area contributed by atoms with Gasteiger partial charge < -0.3 is 9.84 Å². The molecular weight excluding hydrogens is 156 g/mol. The van der Waals surface area contributed by atoms with E-state index in [4.69, 9.17) is 9.84 Å². The molecule has 1 N–H and O–H groups in total. The Kier molecular flexibility index (Phi) is 4.84. The van der Waals surface area contributed by atoms with E-state index in [0.717, 1.165) is 0 Å². The molecule has 0 saturated carbocycles. The van der Waals surface area contributed by atoms with Crippen LogP contribution in [0.25, 0.3) is 0 Å². The molecule has 0 aromatic carbocycles. The molecule has 3 heteroatoms. The van der Waals surface area contributed by atoms with Gasteiger partial charge in [-0.25, -0.2) is 4.79 Å². The molecule has 1 atom stereocenters. The molecule has 0 spiro atoms. The molecule has 0 aliphatic carbocycles. The first-order chi connectivity index (χ1) is 5.57. The molecular formula is C9H14O3. The van der Waals surface area contributed by atoms with Crippen molar-refractivity contribution in [2.75, 3.05) is 0 Å². The van der Waals surface area contributed by atoms with Crippen LogP contribution in [0.5, 0.6) is 0 Å². The van der Waals surface area contributed by atoms with Gasteiger partial charge in [-0.15, -0.1) is 0 Å². The third-order valence-corrected chi connectivity index (χ3v) is 1.48. The zero-order valence-electron chi connectivity index (χ0n) is 7.25. The average molecular weight is 170 g/mol. The SMILES string of the molecule is C=COC(C)CCC(=C)C(=O)O. The molecule has 0 aliphatic rings. The highest BCUT2D eigenvalue weighted by Crippen LogP contribution is 2.07.